The first-order valence-electron chi connectivity index (χ1n) is 10.2. The van der Waals surface area contributed by atoms with Crippen molar-refractivity contribution in [1.29, 1.82) is 0 Å². The molecule has 0 saturated carbocycles. The second kappa shape index (κ2) is 8.18. The van der Waals surface area contributed by atoms with E-state index in [2.05, 4.69) is 15.3 Å². The topological polar surface area (TPSA) is 71.9 Å². The van der Waals surface area contributed by atoms with Crippen molar-refractivity contribution in [2.24, 2.45) is 0 Å². The van der Waals surface area contributed by atoms with Crippen LogP contribution in [0.25, 0.3) is 21.9 Å². The number of carbonyl (C=O) groups excluding carboxylic acids is 1. The van der Waals surface area contributed by atoms with Gasteiger partial charge in [-0.15, -0.1) is 0 Å². The minimum absolute atomic E-state index is 0.120. The molecule has 4 rings (SSSR count). The molecule has 2 heterocycles. The molecule has 156 valence electrons. The Morgan fingerprint density at radius 2 is 2.07 bits per heavy atom. The van der Waals surface area contributed by atoms with Crippen LogP contribution < -0.4 is 10.1 Å². The van der Waals surface area contributed by atoms with Crippen molar-refractivity contribution < 1.29 is 13.9 Å². The van der Waals surface area contributed by atoms with Crippen molar-refractivity contribution in [1.82, 2.24) is 19.9 Å². The number of aromatic amines is 1. The van der Waals surface area contributed by atoms with E-state index >= 15 is 0 Å². The molecular formula is C23H25FN4O2. The summed E-state index contributed by atoms with van der Waals surface area (Å²) < 4.78 is 21.0. The molecule has 30 heavy (non-hydrogen) atoms. The van der Waals surface area contributed by atoms with Crippen molar-refractivity contribution >= 4 is 27.8 Å². The third kappa shape index (κ3) is 3.63. The Balaban J connectivity index is 1.52. The fourth-order valence-electron chi connectivity index (χ4n) is 3.91. The summed E-state index contributed by atoms with van der Waals surface area (Å²) in [5, 5.41) is 4.01. The maximum Gasteiger partial charge on any atom is 0.268 e. The van der Waals surface area contributed by atoms with E-state index in [1.807, 2.05) is 43.5 Å². The summed E-state index contributed by atoms with van der Waals surface area (Å²) in [6.07, 6.45) is 0.530. The van der Waals surface area contributed by atoms with Crippen LogP contribution in [0.5, 0.6) is 5.75 Å². The Hall–Kier alpha value is -3.35. The molecule has 0 aliphatic rings. The van der Waals surface area contributed by atoms with Gasteiger partial charge in [0.25, 0.3) is 5.91 Å². The van der Waals surface area contributed by atoms with Crippen LogP contribution in [0.3, 0.4) is 0 Å². The third-order valence-corrected chi connectivity index (χ3v) is 5.27. The van der Waals surface area contributed by atoms with Gasteiger partial charge in [0.05, 0.1) is 17.6 Å². The van der Waals surface area contributed by atoms with Crippen molar-refractivity contribution in [3.05, 3.63) is 59.3 Å². The smallest absolute Gasteiger partial charge is 0.268 e. The fraction of sp³-hybridized carbons (Fsp3) is 0.304. The Bertz CT molecular complexity index is 1230. The summed E-state index contributed by atoms with van der Waals surface area (Å²) in [5.74, 6) is 1.09. The van der Waals surface area contributed by atoms with E-state index in [0.29, 0.717) is 48.7 Å². The zero-order chi connectivity index (χ0) is 21.3. The molecule has 0 radical (unpaired) electrons. The van der Waals surface area contributed by atoms with Gasteiger partial charge in [0.2, 0.25) is 0 Å². The van der Waals surface area contributed by atoms with Crippen LogP contribution in [-0.2, 0) is 13.0 Å². The van der Waals surface area contributed by atoms with Crippen LogP contribution in [0.2, 0.25) is 0 Å². The van der Waals surface area contributed by atoms with Gasteiger partial charge in [-0.05, 0) is 62.7 Å². The highest BCUT2D eigenvalue weighted by Gasteiger charge is 2.20. The molecule has 0 spiro atoms. The minimum atomic E-state index is -0.304. The average Bonchev–Trinajstić information content (AvgIpc) is 3.25. The van der Waals surface area contributed by atoms with Crippen LogP contribution >= 0.6 is 0 Å². The normalized spacial score (nSPS) is 11.3. The summed E-state index contributed by atoms with van der Waals surface area (Å²) in [5.41, 5.74) is 3.98. The van der Waals surface area contributed by atoms with E-state index in [1.54, 1.807) is 6.07 Å². The lowest BCUT2D eigenvalue weighted by atomic mass is 10.1. The van der Waals surface area contributed by atoms with Gasteiger partial charge >= 0.3 is 0 Å². The number of H-pyrrole nitrogens is 1. The van der Waals surface area contributed by atoms with Crippen molar-refractivity contribution in [2.45, 2.75) is 33.7 Å². The largest absolute Gasteiger partial charge is 0.494 e. The molecule has 2 aromatic heterocycles. The number of carbonyl (C=O) groups is 1. The molecule has 0 aliphatic carbocycles. The van der Waals surface area contributed by atoms with Crippen molar-refractivity contribution in [3.8, 4) is 5.75 Å². The molecule has 0 unspecified atom stereocenters. The number of ether oxygens (including phenoxy) is 1. The third-order valence-electron chi connectivity index (χ3n) is 5.27. The van der Waals surface area contributed by atoms with Gasteiger partial charge < -0.3 is 19.6 Å². The maximum atomic E-state index is 13.3. The maximum absolute atomic E-state index is 13.3. The molecule has 0 bridgehead atoms. The highest BCUT2D eigenvalue weighted by molar-refractivity contribution is 6.02. The van der Waals surface area contributed by atoms with Gasteiger partial charge in [0.1, 0.15) is 23.1 Å². The van der Waals surface area contributed by atoms with Gasteiger partial charge in [-0.25, -0.2) is 9.37 Å². The minimum Gasteiger partial charge on any atom is -0.494 e. The highest BCUT2D eigenvalue weighted by Crippen LogP contribution is 2.29. The van der Waals surface area contributed by atoms with Gasteiger partial charge in [0.15, 0.2) is 0 Å². The Morgan fingerprint density at radius 1 is 1.23 bits per heavy atom. The van der Waals surface area contributed by atoms with Gasteiger partial charge in [-0.2, -0.15) is 0 Å². The summed E-state index contributed by atoms with van der Waals surface area (Å²) in [4.78, 5) is 20.5. The summed E-state index contributed by atoms with van der Waals surface area (Å²) in [6.45, 7) is 7.66. The van der Waals surface area contributed by atoms with Crippen LogP contribution in [0, 0.1) is 12.7 Å². The van der Waals surface area contributed by atoms with E-state index in [1.165, 1.54) is 12.1 Å². The van der Waals surface area contributed by atoms with Crippen LogP contribution in [-0.4, -0.2) is 33.6 Å². The number of hydrogen-bond donors (Lipinski definition) is 2. The molecule has 2 N–H and O–H groups in total. The van der Waals surface area contributed by atoms with Crippen molar-refractivity contribution in [3.63, 3.8) is 0 Å². The number of hydrogen-bond acceptors (Lipinski definition) is 3. The number of fused-ring (bicyclic) bond motifs is 2. The molecule has 0 saturated heterocycles. The van der Waals surface area contributed by atoms with E-state index in [0.717, 1.165) is 22.2 Å². The lowest BCUT2D eigenvalue weighted by Crippen LogP contribution is -2.28. The van der Waals surface area contributed by atoms with Crippen LogP contribution in [0.4, 0.5) is 4.39 Å². The predicted octanol–water partition coefficient (Wildman–Crippen LogP) is 4.36. The molecule has 7 heteroatoms. The lowest BCUT2D eigenvalue weighted by molar-refractivity contribution is 0.0944. The van der Waals surface area contributed by atoms with E-state index in [4.69, 9.17) is 4.74 Å². The van der Waals surface area contributed by atoms with Gasteiger partial charge in [-0.3, -0.25) is 4.79 Å². The molecular weight excluding hydrogens is 383 g/mol. The first-order chi connectivity index (χ1) is 14.5. The number of imidazole rings is 1. The Kier molecular flexibility index (Phi) is 5.44. The zero-order valence-electron chi connectivity index (χ0n) is 17.4. The number of rotatable bonds is 7. The summed E-state index contributed by atoms with van der Waals surface area (Å²) >= 11 is 0. The highest BCUT2D eigenvalue weighted by atomic mass is 19.1. The lowest BCUT2D eigenvalue weighted by Gasteiger charge is -2.09. The van der Waals surface area contributed by atoms with Gasteiger partial charge in [0, 0.05) is 30.4 Å². The second-order valence-corrected chi connectivity index (χ2v) is 7.18. The number of aryl methyl sites for hydroxylation is 2. The first-order valence-corrected chi connectivity index (χ1v) is 10.2. The molecule has 4 aromatic rings. The fourth-order valence-corrected chi connectivity index (χ4v) is 3.91. The van der Waals surface area contributed by atoms with E-state index in [-0.39, 0.29) is 11.7 Å². The Labute approximate surface area is 174 Å². The Morgan fingerprint density at radius 3 is 2.83 bits per heavy atom. The monoisotopic (exact) mass is 408 g/mol. The number of nitrogens with zero attached hydrogens (tertiary/aromatic N) is 2. The number of benzene rings is 2. The van der Waals surface area contributed by atoms with Gasteiger partial charge in [-0.1, -0.05) is 0 Å². The summed E-state index contributed by atoms with van der Waals surface area (Å²) in [7, 11) is 0. The molecule has 0 fully saturated rings. The summed E-state index contributed by atoms with van der Waals surface area (Å²) in [6, 6.07) is 10.4. The molecule has 1 amide bonds. The quantitative estimate of drug-likeness (QED) is 0.477. The van der Waals surface area contributed by atoms with Crippen LogP contribution in [0.15, 0.2) is 36.4 Å². The van der Waals surface area contributed by atoms with Crippen LogP contribution in [0.1, 0.15) is 35.7 Å². The zero-order valence-corrected chi connectivity index (χ0v) is 17.4. The van der Waals surface area contributed by atoms with E-state index in [9.17, 15) is 9.18 Å². The average molecular weight is 408 g/mol. The standard InChI is InChI=1S/C23H25FN4O2/c1-4-28-20-9-7-16(30-5-2)13-17(20)14(3)22(28)23(29)25-11-10-21-26-18-8-6-15(24)12-19(18)27-21/h6-9,12-13H,4-5,10-11H2,1-3H3,(H,25,29)(H,26,27). The molecule has 0 atom stereocenters. The SMILES string of the molecule is CCOc1ccc2c(c1)c(C)c(C(=O)NCCc1nc3ccc(F)cc3[nH]1)n2CC. The second-order valence-electron chi connectivity index (χ2n) is 7.18. The molecule has 2 aromatic carbocycles. The van der Waals surface area contributed by atoms with Crippen molar-refractivity contribution in [2.75, 3.05) is 13.2 Å². The predicted molar refractivity (Wildman–Crippen MR) is 116 cm³/mol. The molecule has 0 aliphatic heterocycles. The first kappa shape index (κ1) is 19.9. The number of nitrogens with one attached hydrogen (secondary N) is 2. The molecule has 6 nitrogen and oxygen atoms in total. The number of aromatic nitrogens is 3. The van der Waals surface area contributed by atoms with E-state index < -0.39 is 0 Å². The number of halogens is 1. The number of amides is 1.